The molecular formula is C17H24FN3O4S. The third kappa shape index (κ3) is 3.64. The average molecular weight is 385 g/mol. The Kier molecular flexibility index (Phi) is 5.12. The number of hydrogen-bond acceptors (Lipinski definition) is 5. The van der Waals surface area contributed by atoms with E-state index in [0.29, 0.717) is 34.2 Å². The lowest BCUT2D eigenvalue weighted by atomic mass is 10.1. The Labute approximate surface area is 152 Å². The lowest BCUT2D eigenvalue weighted by Crippen LogP contribution is -2.30. The van der Waals surface area contributed by atoms with Crippen molar-refractivity contribution in [3.05, 3.63) is 23.0 Å². The van der Waals surface area contributed by atoms with Gasteiger partial charge in [0.25, 0.3) is 5.91 Å². The van der Waals surface area contributed by atoms with Crippen molar-refractivity contribution in [2.24, 2.45) is 11.8 Å². The number of halogens is 1. The number of phenols is 1. The minimum Gasteiger partial charge on any atom is -0.506 e. The van der Waals surface area contributed by atoms with Crippen LogP contribution in [0.3, 0.4) is 0 Å². The first-order valence-electron chi connectivity index (χ1n) is 8.76. The van der Waals surface area contributed by atoms with E-state index in [1.807, 2.05) is 0 Å². The van der Waals surface area contributed by atoms with E-state index in [-0.39, 0.29) is 5.92 Å². The highest BCUT2D eigenvalue weighted by atomic mass is 32.2. The quantitative estimate of drug-likeness (QED) is 0.636. The van der Waals surface area contributed by atoms with Crippen LogP contribution in [0.4, 0.5) is 10.1 Å². The van der Waals surface area contributed by atoms with E-state index in [2.05, 4.69) is 19.2 Å². The van der Waals surface area contributed by atoms with Crippen LogP contribution in [0.2, 0.25) is 0 Å². The number of amides is 1. The Morgan fingerprint density at radius 1 is 1.42 bits per heavy atom. The number of phenolic OH excluding ortho intramolecular Hbond substituents is 1. The maximum Gasteiger partial charge on any atom is 0.326 e. The molecule has 1 amide bonds. The second-order valence-electron chi connectivity index (χ2n) is 7.39. The number of fused-ring (bicyclic) bond motifs is 1. The zero-order valence-corrected chi connectivity index (χ0v) is 15.7. The van der Waals surface area contributed by atoms with Crippen molar-refractivity contribution < 1.29 is 22.7 Å². The van der Waals surface area contributed by atoms with Crippen LogP contribution < -0.4 is 14.3 Å². The first kappa shape index (κ1) is 18.9. The van der Waals surface area contributed by atoms with Gasteiger partial charge >= 0.3 is 10.2 Å². The summed E-state index contributed by atoms with van der Waals surface area (Å²) in [5, 5.41) is 13.6. The molecule has 0 aromatic heterocycles. The maximum atomic E-state index is 15.0. The van der Waals surface area contributed by atoms with Crippen molar-refractivity contribution in [2.75, 3.05) is 23.9 Å². The number of aromatic hydroxyl groups is 1. The fourth-order valence-corrected chi connectivity index (χ4v) is 4.68. The Morgan fingerprint density at radius 3 is 2.77 bits per heavy atom. The molecule has 26 heavy (non-hydrogen) atoms. The minimum absolute atomic E-state index is 0.191. The molecule has 1 aliphatic carbocycles. The van der Waals surface area contributed by atoms with Crippen LogP contribution in [-0.2, 0) is 27.8 Å². The number of carbonyl (C=O) groups is 1. The Hall–Kier alpha value is -1.87. The van der Waals surface area contributed by atoms with Gasteiger partial charge in [0.2, 0.25) is 0 Å². The molecule has 1 saturated heterocycles. The molecular weight excluding hydrogens is 361 g/mol. The monoisotopic (exact) mass is 385 g/mol. The number of benzene rings is 1. The standard InChI is InChI=1S/C17H24FN3O4S/c1-10(2)3-4-19-8-11-5-12-7-14(22)17(16(18)13(12)6-11)21-9-15(23)20-26(21,24)25/h7,10-11,19,22H,3-6,8-9H2,1-2H3,(H,20,23)/t11-/m1/s1. The highest BCUT2D eigenvalue weighted by molar-refractivity contribution is 7.92. The first-order valence-corrected chi connectivity index (χ1v) is 10.2. The molecule has 1 aromatic rings. The predicted molar refractivity (Wildman–Crippen MR) is 95.7 cm³/mol. The summed E-state index contributed by atoms with van der Waals surface area (Å²) in [4.78, 5) is 11.4. The third-order valence-corrected chi connectivity index (χ3v) is 6.19. The Bertz CT molecular complexity index is 826. The molecule has 1 aliphatic heterocycles. The number of nitrogens with one attached hydrogen (secondary N) is 2. The fraction of sp³-hybridized carbons (Fsp3) is 0.588. The van der Waals surface area contributed by atoms with Gasteiger partial charge in [-0.05, 0) is 61.4 Å². The third-order valence-electron chi connectivity index (χ3n) is 4.82. The molecule has 0 radical (unpaired) electrons. The van der Waals surface area contributed by atoms with E-state index in [0.717, 1.165) is 19.5 Å². The molecule has 0 spiro atoms. The summed E-state index contributed by atoms with van der Waals surface area (Å²) in [6.07, 6.45) is 2.16. The lowest BCUT2D eigenvalue weighted by Gasteiger charge is -2.18. The molecule has 144 valence electrons. The number of carbonyl (C=O) groups excluding carboxylic acids is 1. The summed E-state index contributed by atoms with van der Waals surface area (Å²) in [7, 11) is -4.17. The van der Waals surface area contributed by atoms with Gasteiger partial charge in [-0.15, -0.1) is 0 Å². The van der Waals surface area contributed by atoms with Crippen molar-refractivity contribution in [3.63, 3.8) is 0 Å². The zero-order valence-electron chi connectivity index (χ0n) is 14.9. The molecule has 1 heterocycles. The molecule has 3 N–H and O–H groups in total. The van der Waals surface area contributed by atoms with Crippen LogP contribution in [-0.4, -0.2) is 39.1 Å². The van der Waals surface area contributed by atoms with Gasteiger partial charge in [-0.3, -0.25) is 4.79 Å². The number of anilines is 1. The molecule has 7 nitrogen and oxygen atoms in total. The van der Waals surface area contributed by atoms with Gasteiger partial charge in [-0.2, -0.15) is 8.42 Å². The van der Waals surface area contributed by atoms with Crippen molar-refractivity contribution in [3.8, 4) is 5.75 Å². The van der Waals surface area contributed by atoms with Crippen LogP contribution in [0.1, 0.15) is 31.4 Å². The summed E-state index contributed by atoms with van der Waals surface area (Å²) in [5.74, 6) is -1.17. The van der Waals surface area contributed by atoms with Crippen LogP contribution in [0.15, 0.2) is 6.07 Å². The van der Waals surface area contributed by atoms with E-state index in [4.69, 9.17) is 0 Å². The van der Waals surface area contributed by atoms with Crippen molar-refractivity contribution >= 4 is 21.8 Å². The molecule has 2 aliphatic rings. The van der Waals surface area contributed by atoms with E-state index in [1.54, 1.807) is 4.72 Å². The van der Waals surface area contributed by atoms with Crippen molar-refractivity contribution in [2.45, 2.75) is 33.1 Å². The number of nitrogens with zero attached hydrogens (tertiary/aromatic N) is 1. The Balaban J connectivity index is 1.78. The second-order valence-corrected chi connectivity index (χ2v) is 8.99. The zero-order chi connectivity index (χ0) is 19.1. The van der Waals surface area contributed by atoms with Gasteiger partial charge in [-0.25, -0.2) is 13.4 Å². The fourth-order valence-electron chi connectivity index (χ4n) is 3.52. The van der Waals surface area contributed by atoms with E-state index in [9.17, 15) is 22.7 Å². The molecule has 1 fully saturated rings. The van der Waals surface area contributed by atoms with E-state index in [1.165, 1.54) is 6.07 Å². The SMILES string of the molecule is CC(C)CCNC[C@@H]1Cc2cc(O)c(N3CC(=O)NS3(=O)=O)c(F)c2C1. The molecule has 0 bridgehead atoms. The van der Waals surface area contributed by atoms with Crippen molar-refractivity contribution in [1.29, 1.82) is 0 Å². The van der Waals surface area contributed by atoms with Crippen molar-refractivity contribution in [1.82, 2.24) is 10.0 Å². The summed E-state index contributed by atoms with van der Waals surface area (Å²) in [5.41, 5.74) is 0.661. The number of hydrogen-bond donors (Lipinski definition) is 3. The molecule has 3 rings (SSSR count). The summed E-state index contributed by atoms with van der Waals surface area (Å²) >= 11 is 0. The highest BCUT2D eigenvalue weighted by Crippen LogP contribution is 2.41. The van der Waals surface area contributed by atoms with Crippen LogP contribution in [0.5, 0.6) is 5.75 Å². The average Bonchev–Trinajstić information content (AvgIpc) is 3.04. The summed E-state index contributed by atoms with van der Waals surface area (Å²) < 4.78 is 41.3. The second kappa shape index (κ2) is 7.03. The lowest BCUT2D eigenvalue weighted by molar-refractivity contribution is -0.117. The topological polar surface area (TPSA) is 98.7 Å². The molecule has 0 saturated carbocycles. The van der Waals surface area contributed by atoms with Gasteiger partial charge in [0.15, 0.2) is 5.82 Å². The highest BCUT2D eigenvalue weighted by Gasteiger charge is 2.39. The predicted octanol–water partition coefficient (Wildman–Crippen LogP) is 1.06. The largest absolute Gasteiger partial charge is 0.506 e. The molecule has 9 heteroatoms. The van der Waals surface area contributed by atoms with Crippen LogP contribution in [0.25, 0.3) is 0 Å². The summed E-state index contributed by atoms with van der Waals surface area (Å²) in [6.45, 7) is 5.39. The van der Waals surface area contributed by atoms with E-state index >= 15 is 0 Å². The Morgan fingerprint density at radius 2 is 2.15 bits per heavy atom. The molecule has 1 aromatic carbocycles. The van der Waals surface area contributed by atoms with E-state index < -0.39 is 39.9 Å². The smallest absolute Gasteiger partial charge is 0.326 e. The summed E-state index contributed by atoms with van der Waals surface area (Å²) in [6, 6.07) is 1.42. The number of rotatable bonds is 6. The van der Waals surface area contributed by atoms with Gasteiger partial charge in [0, 0.05) is 0 Å². The normalized spacial score (nSPS) is 21.3. The molecule has 0 unspecified atom stereocenters. The molecule has 1 atom stereocenters. The van der Waals surface area contributed by atoms with Gasteiger partial charge in [-0.1, -0.05) is 13.8 Å². The van der Waals surface area contributed by atoms with Gasteiger partial charge < -0.3 is 10.4 Å². The first-order chi connectivity index (χ1) is 12.2. The minimum atomic E-state index is -4.17. The maximum absolute atomic E-state index is 15.0. The van der Waals surface area contributed by atoms with Crippen LogP contribution >= 0.6 is 0 Å². The van der Waals surface area contributed by atoms with Crippen LogP contribution in [0, 0.1) is 17.7 Å². The van der Waals surface area contributed by atoms with Gasteiger partial charge in [0.05, 0.1) is 0 Å². The van der Waals surface area contributed by atoms with Gasteiger partial charge in [0.1, 0.15) is 18.0 Å².